The molecule has 29 heavy (non-hydrogen) atoms. The molecule has 1 aromatic heterocycles. The quantitative estimate of drug-likeness (QED) is 0.276. The third-order valence-corrected chi connectivity index (χ3v) is 6.03. The van der Waals surface area contributed by atoms with Crippen molar-refractivity contribution >= 4 is 52.9 Å². The summed E-state index contributed by atoms with van der Waals surface area (Å²) in [6.45, 7) is 1.50. The molecule has 158 valence electrons. The highest BCUT2D eigenvalue weighted by Crippen LogP contribution is 2.25. The lowest BCUT2D eigenvalue weighted by Gasteiger charge is -2.21. The highest BCUT2D eigenvalue weighted by molar-refractivity contribution is 14.0. The Bertz CT molecular complexity index is 773. The Balaban J connectivity index is 0.00000300. The molecule has 1 saturated carbocycles. The Morgan fingerprint density at radius 2 is 1.97 bits per heavy atom. The van der Waals surface area contributed by atoms with Gasteiger partial charge in [0.2, 0.25) is 5.91 Å². The van der Waals surface area contributed by atoms with E-state index in [1.807, 2.05) is 18.2 Å². The molecule has 0 bridgehead atoms. The Morgan fingerprint density at radius 1 is 1.14 bits per heavy atom. The molecule has 1 heterocycles. The average molecular weight is 526 g/mol. The number of halogens is 1. The first-order chi connectivity index (χ1) is 13.7. The zero-order valence-corrected chi connectivity index (χ0v) is 20.1. The van der Waals surface area contributed by atoms with E-state index >= 15 is 0 Å². The van der Waals surface area contributed by atoms with Crippen LogP contribution < -0.4 is 16.0 Å². The number of benzene rings is 1. The molecule has 7 heteroatoms. The van der Waals surface area contributed by atoms with Gasteiger partial charge in [0.15, 0.2) is 5.96 Å². The summed E-state index contributed by atoms with van der Waals surface area (Å²) in [6.07, 6.45) is 6.61. The molecule has 1 aliphatic rings. The standard InChI is InChI=1S/C22H30N4OS.HI/c1-23-22(24-13-12-20-11-6-14-28-20)25-16-17-7-5-10-19(15-17)26-21(27)18-8-3-2-4-9-18;/h5-7,10-11,14-15,18H,2-4,8-9,12-13,16H2,1H3,(H,26,27)(H2,23,24,25);1H. The van der Waals surface area contributed by atoms with Gasteiger partial charge in [-0.3, -0.25) is 9.79 Å². The van der Waals surface area contributed by atoms with E-state index in [2.05, 4.69) is 44.5 Å². The number of guanidine groups is 1. The minimum Gasteiger partial charge on any atom is -0.356 e. The summed E-state index contributed by atoms with van der Waals surface area (Å²) >= 11 is 1.77. The zero-order chi connectivity index (χ0) is 19.6. The first kappa shape index (κ1) is 23.7. The molecule has 1 fully saturated rings. The largest absolute Gasteiger partial charge is 0.356 e. The number of nitrogens with one attached hydrogen (secondary N) is 3. The molecule has 0 aliphatic heterocycles. The summed E-state index contributed by atoms with van der Waals surface area (Å²) in [5.41, 5.74) is 1.98. The fourth-order valence-electron chi connectivity index (χ4n) is 3.53. The lowest BCUT2D eigenvalue weighted by molar-refractivity contribution is -0.120. The van der Waals surface area contributed by atoms with Gasteiger partial charge in [-0.05, 0) is 48.4 Å². The minimum atomic E-state index is 0. The lowest BCUT2D eigenvalue weighted by atomic mass is 9.88. The second-order valence-corrected chi connectivity index (χ2v) is 8.24. The number of aliphatic imine (C=N–C) groups is 1. The normalized spacial score (nSPS) is 14.7. The van der Waals surface area contributed by atoms with Gasteiger partial charge in [0, 0.05) is 36.6 Å². The van der Waals surface area contributed by atoms with Crippen LogP contribution in [0, 0.1) is 5.92 Å². The van der Waals surface area contributed by atoms with Crippen molar-refractivity contribution in [2.45, 2.75) is 45.1 Å². The zero-order valence-electron chi connectivity index (χ0n) is 16.9. The maximum absolute atomic E-state index is 12.5. The van der Waals surface area contributed by atoms with Crippen LogP contribution in [-0.2, 0) is 17.8 Å². The van der Waals surface area contributed by atoms with Gasteiger partial charge < -0.3 is 16.0 Å². The van der Waals surface area contributed by atoms with Crippen LogP contribution in [0.1, 0.15) is 42.5 Å². The van der Waals surface area contributed by atoms with Crippen LogP contribution in [0.4, 0.5) is 5.69 Å². The second kappa shape index (κ2) is 12.8. The Hall–Kier alpha value is -1.61. The van der Waals surface area contributed by atoms with Gasteiger partial charge in [-0.25, -0.2) is 0 Å². The number of anilines is 1. The Kier molecular flexibility index (Phi) is 10.5. The van der Waals surface area contributed by atoms with Gasteiger partial charge in [-0.1, -0.05) is 37.5 Å². The van der Waals surface area contributed by atoms with Gasteiger partial charge >= 0.3 is 0 Å². The molecule has 1 aromatic carbocycles. The molecule has 0 atom stereocenters. The van der Waals surface area contributed by atoms with Crippen molar-refractivity contribution in [3.63, 3.8) is 0 Å². The molecule has 5 nitrogen and oxygen atoms in total. The van der Waals surface area contributed by atoms with Crippen LogP contribution in [-0.4, -0.2) is 25.5 Å². The van der Waals surface area contributed by atoms with Crippen molar-refractivity contribution in [2.75, 3.05) is 18.9 Å². The third kappa shape index (κ3) is 7.97. The molecule has 1 amide bonds. The summed E-state index contributed by atoms with van der Waals surface area (Å²) in [7, 11) is 1.78. The number of hydrogen-bond donors (Lipinski definition) is 3. The van der Waals surface area contributed by atoms with Crippen LogP contribution in [0.25, 0.3) is 0 Å². The van der Waals surface area contributed by atoms with E-state index in [-0.39, 0.29) is 35.8 Å². The smallest absolute Gasteiger partial charge is 0.227 e. The van der Waals surface area contributed by atoms with Gasteiger partial charge in [0.25, 0.3) is 0 Å². The van der Waals surface area contributed by atoms with E-state index in [1.54, 1.807) is 18.4 Å². The van der Waals surface area contributed by atoms with Crippen molar-refractivity contribution < 1.29 is 4.79 Å². The average Bonchev–Trinajstić information content (AvgIpc) is 3.25. The van der Waals surface area contributed by atoms with E-state index in [0.717, 1.165) is 43.0 Å². The van der Waals surface area contributed by atoms with Gasteiger partial charge in [-0.15, -0.1) is 35.3 Å². The van der Waals surface area contributed by atoms with E-state index in [9.17, 15) is 4.79 Å². The number of hydrogen-bond acceptors (Lipinski definition) is 3. The van der Waals surface area contributed by atoms with Crippen LogP contribution >= 0.6 is 35.3 Å². The number of rotatable bonds is 7. The van der Waals surface area contributed by atoms with E-state index in [0.29, 0.717) is 6.54 Å². The molecule has 0 radical (unpaired) electrons. The van der Waals surface area contributed by atoms with Crippen molar-refractivity contribution in [3.05, 3.63) is 52.2 Å². The van der Waals surface area contributed by atoms with Gasteiger partial charge in [0.1, 0.15) is 0 Å². The molecular formula is C22H31IN4OS. The number of thiophene rings is 1. The number of amides is 1. The SMILES string of the molecule is CN=C(NCCc1cccs1)NCc1cccc(NC(=O)C2CCCCC2)c1.I. The number of carbonyl (C=O) groups excluding carboxylic acids is 1. The highest BCUT2D eigenvalue weighted by atomic mass is 127. The fraction of sp³-hybridized carbons (Fsp3) is 0.455. The summed E-state index contributed by atoms with van der Waals surface area (Å²) in [4.78, 5) is 18.1. The van der Waals surface area contributed by atoms with E-state index in [1.165, 1.54) is 24.1 Å². The molecule has 0 unspecified atom stereocenters. The van der Waals surface area contributed by atoms with Crippen LogP contribution in [0.15, 0.2) is 46.8 Å². The molecule has 1 aliphatic carbocycles. The summed E-state index contributed by atoms with van der Waals surface area (Å²) < 4.78 is 0. The fourth-order valence-corrected chi connectivity index (χ4v) is 4.24. The minimum absolute atomic E-state index is 0. The number of carbonyl (C=O) groups is 1. The topological polar surface area (TPSA) is 65.5 Å². The highest BCUT2D eigenvalue weighted by Gasteiger charge is 2.20. The molecule has 2 aromatic rings. The molecular weight excluding hydrogens is 495 g/mol. The molecule has 3 N–H and O–H groups in total. The lowest BCUT2D eigenvalue weighted by Crippen LogP contribution is -2.37. The molecule has 3 rings (SSSR count). The predicted octanol–water partition coefficient (Wildman–Crippen LogP) is 4.79. The summed E-state index contributed by atoms with van der Waals surface area (Å²) in [5, 5.41) is 11.9. The summed E-state index contributed by atoms with van der Waals surface area (Å²) in [6, 6.07) is 12.3. The van der Waals surface area contributed by atoms with Crippen molar-refractivity contribution in [1.82, 2.24) is 10.6 Å². The maximum atomic E-state index is 12.5. The molecule has 0 spiro atoms. The number of nitrogens with zero attached hydrogens (tertiary/aromatic N) is 1. The van der Waals surface area contributed by atoms with Crippen molar-refractivity contribution in [3.8, 4) is 0 Å². The maximum Gasteiger partial charge on any atom is 0.227 e. The third-order valence-electron chi connectivity index (χ3n) is 5.10. The van der Waals surface area contributed by atoms with Crippen molar-refractivity contribution in [2.24, 2.45) is 10.9 Å². The van der Waals surface area contributed by atoms with E-state index in [4.69, 9.17) is 0 Å². The van der Waals surface area contributed by atoms with Crippen LogP contribution in [0.5, 0.6) is 0 Å². The van der Waals surface area contributed by atoms with Crippen LogP contribution in [0.2, 0.25) is 0 Å². The Labute approximate surface area is 194 Å². The monoisotopic (exact) mass is 526 g/mol. The second-order valence-electron chi connectivity index (χ2n) is 7.21. The molecule has 0 saturated heterocycles. The Morgan fingerprint density at radius 3 is 2.69 bits per heavy atom. The van der Waals surface area contributed by atoms with Gasteiger partial charge in [-0.2, -0.15) is 0 Å². The summed E-state index contributed by atoms with van der Waals surface area (Å²) in [5.74, 6) is 1.12. The van der Waals surface area contributed by atoms with Crippen LogP contribution in [0.3, 0.4) is 0 Å². The van der Waals surface area contributed by atoms with Crippen molar-refractivity contribution in [1.29, 1.82) is 0 Å². The van der Waals surface area contributed by atoms with Gasteiger partial charge in [0.05, 0.1) is 0 Å². The predicted molar refractivity (Wildman–Crippen MR) is 133 cm³/mol. The first-order valence-corrected chi connectivity index (χ1v) is 11.0. The first-order valence-electron chi connectivity index (χ1n) is 10.1. The van der Waals surface area contributed by atoms with E-state index < -0.39 is 0 Å².